The highest BCUT2D eigenvalue weighted by molar-refractivity contribution is 5.31. The van der Waals surface area contributed by atoms with E-state index in [1.807, 2.05) is 0 Å². The Morgan fingerprint density at radius 3 is 2.75 bits per heavy atom. The molecule has 2 nitrogen and oxygen atoms in total. The summed E-state index contributed by atoms with van der Waals surface area (Å²) in [5, 5.41) is 0. The van der Waals surface area contributed by atoms with Crippen LogP contribution in [0.3, 0.4) is 0 Å². The summed E-state index contributed by atoms with van der Waals surface area (Å²) in [6, 6.07) is 8.68. The molecule has 1 atom stereocenters. The van der Waals surface area contributed by atoms with Crippen molar-refractivity contribution in [3.8, 4) is 0 Å². The molecule has 88 valence electrons. The predicted molar refractivity (Wildman–Crippen MR) is 66.6 cm³/mol. The summed E-state index contributed by atoms with van der Waals surface area (Å²) in [4.78, 5) is 2.42. The number of hydrogen-bond donors (Lipinski definition) is 0. The second-order valence-electron chi connectivity index (χ2n) is 4.29. The molecule has 0 aromatic heterocycles. The van der Waals surface area contributed by atoms with E-state index in [-0.39, 0.29) is 6.10 Å². The van der Waals surface area contributed by atoms with E-state index in [4.69, 9.17) is 4.74 Å². The average molecular weight is 219 g/mol. The second-order valence-corrected chi connectivity index (χ2v) is 4.29. The lowest BCUT2D eigenvalue weighted by molar-refractivity contribution is 0.0180. The molecule has 16 heavy (non-hydrogen) atoms. The van der Waals surface area contributed by atoms with Crippen molar-refractivity contribution in [3.05, 3.63) is 35.4 Å². The van der Waals surface area contributed by atoms with E-state index in [2.05, 4.69) is 43.0 Å². The fraction of sp³-hybridized carbons (Fsp3) is 0.571. The minimum Gasteiger partial charge on any atom is -0.372 e. The molecule has 2 heteroatoms. The topological polar surface area (TPSA) is 12.5 Å². The van der Waals surface area contributed by atoms with Gasteiger partial charge in [-0.25, -0.2) is 0 Å². The van der Waals surface area contributed by atoms with Gasteiger partial charge in [0.15, 0.2) is 0 Å². The minimum absolute atomic E-state index is 0.268. The lowest BCUT2D eigenvalue weighted by Crippen LogP contribution is -2.31. The van der Waals surface area contributed by atoms with Gasteiger partial charge >= 0.3 is 0 Å². The Labute approximate surface area is 98.2 Å². The number of benzene rings is 1. The van der Waals surface area contributed by atoms with Gasteiger partial charge in [-0.05, 0) is 30.6 Å². The Balaban J connectivity index is 2.12. The third-order valence-corrected chi connectivity index (χ3v) is 3.41. The van der Waals surface area contributed by atoms with E-state index in [9.17, 15) is 0 Å². The van der Waals surface area contributed by atoms with E-state index in [1.165, 1.54) is 11.1 Å². The van der Waals surface area contributed by atoms with Crippen LogP contribution in [0.1, 0.15) is 31.1 Å². The number of ether oxygens (including phenoxy) is 1. The van der Waals surface area contributed by atoms with Crippen LogP contribution in [-0.2, 0) is 11.2 Å². The molecule has 1 heterocycles. The molecule has 2 rings (SSSR count). The molecule has 0 unspecified atom stereocenters. The first-order chi connectivity index (χ1) is 7.85. The Morgan fingerprint density at radius 2 is 2.00 bits per heavy atom. The van der Waals surface area contributed by atoms with Gasteiger partial charge in [0.2, 0.25) is 0 Å². The maximum atomic E-state index is 5.90. The zero-order chi connectivity index (χ0) is 11.4. The van der Waals surface area contributed by atoms with Gasteiger partial charge < -0.3 is 9.64 Å². The number of fused-ring (bicyclic) bond motifs is 1. The van der Waals surface area contributed by atoms with Crippen LogP contribution in [0.25, 0.3) is 0 Å². The number of nitrogens with zero attached hydrogens (tertiary/aromatic N) is 1. The molecular formula is C14H21NO. The first-order valence-electron chi connectivity index (χ1n) is 6.27. The molecule has 0 saturated carbocycles. The summed E-state index contributed by atoms with van der Waals surface area (Å²) in [7, 11) is 0. The number of rotatable bonds is 4. The highest BCUT2D eigenvalue weighted by Crippen LogP contribution is 2.27. The summed E-state index contributed by atoms with van der Waals surface area (Å²) in [6.45, 7) is 8.49. The monoisotopic (exact) mass is 219 g/mol. The maximum Gasteiger partial charge on any atom is 0.0954 e. The first-order valence-corrected chi connectivity index (χ1v) is 6.27. The van der Waals surface area contributed by atoms with Crippen LogP contribution in [0.4, 0.5) is 0 Å². The SMILES string of the molecule is CCN(CC)C[C@H]1OCCc2ccccc21. The molecule has 0 spiro atoms. The van der Waals surface area contributed by atoms with Crippen molar-refractivity contribution in [2.24, 2.45) is 0 Å². The smallest absolute Gasteiger partial charge is 0.0954 e. The quantitative estimate of drug-likeness (QED) is 0.772. The highest BCUT2D eigenvalue weighted by atomic mass is 16.5. The molecule has 0 bridgehead atoms. The zero-order valence-corrected chi connectivity index (χ0v) is 10.3. The van der Waals surface area contributed by atoms with Crippen molar-refractivity contribution in [1.82, 2.24) is 4.90 Å². The van der Waals surface area contributed by atoms with Gasteiger partial charge in [-0.15, -0.1) is 0 Å². The van der Waals surface area contributed by atoms with Gasteiger partial charge in [-0.2, -0.15) is 0 Å². The van der Waals surface area contributed by atoms with Crippen molar-refractivity contribution in [2.75, 3.05) is 26.2 Å². The van der Waals surface area contributed by atoms with Crippen LogP contribution in [0.2, 0.25) is 0 Å². The summed E-state index contributed by atoms with van der Waals surface area (Å²) in [5.41, 5.74) is 2.85. The van der Waals surface area contributed by atoms with Crippen molar-refractivity contribution >= 4 is 0 Å². The maximum absolute atomic E-state index is 5.90. The van der Waals surface area contributed by atoms with Gasteiger partial charge in [0.25, 0.3) is 0 Å². The molecule has 0 radical (unpaired) electrons. The third kappa shape index (κ3) is 2.45. The number of likely N-dealkylation sites (N-methyl/N-ethyl adjacent to an activating group) is 1. The van der Waals surface area contributed by atoms with Crippen molar-refractivity contribution in [3.63, 3.8) is 0 Å². The Hall–Kier alpha value is -0.860. The van der Waals surface area contributed by atoms with Crippen molar-refractivity contribution in [1.29, 1.82) is 0 Å². The van der Waals surface area contributed by atoms with Gasteiger partial charge in [0.1, 0.15) is 0 Å². The van der Waals surface area contributed by atoms with Gasteiger partial charge in [0, 0.05) is 6.54 Å². The number of hydrogen-bond acceptors (Lipinski definition) is 2. The predicted octanol–water partition coefficient (Wildman–Crippen LogP) is 2.64. The van der Waals surface area contributed by atoms with Crippen LogP contribution in [-0.4, -0.2) is 31.1 Å². The van der Waals surface area contributed by atoms with Crippen molar-refractivity contribution < 1.29 is 4.74 Å². The van der Waals surface area contributed by atoms with E-state index in [0.29, 0.717) is 0 Å². The van der Waals surface area contributed by atoms with Gasteiger partial charge in [0.05, 0.1) is 12.7 Å². The van der Waals surface area contributed by atoms with Gasteiger partial charge in [-0.3, -0.25) is 0 Å². The largest absolute Gasteiger partial charge is 0.372 e. The molecule has 0 amide bonds. The molecule has 1 aliphatic heterocycles. The average Bonchev–Trinajstić information content (AvgIpc) is 2.36. The van der Waals surface area contributed by atoms with E-state index in [1.54, 1.807) is 0 Å². The second kappa shape index (κ2) is 5.46. The minimum atomic E-state index is 0.268. The molecule has 1 aliphatic rings. The zero-order valence-electron chi connectivity index (χ0n) is 10.3. The fourth-order valence-electron chi connectivity index (χ4n) is 2.34. The molecule has 0 saturated heterocycles. The summed E-state index contributed by atoms with van der Waals surface area (Å²) >= 11 is 0. The van der Waals surface area contributed by atoms with Crippen molar-refractivity contribution in [2.45, 2.75) is 26.4 Å². The molecule has 1 aromatic rings. The summed E-state index contributed by atoms with van der Waals surface area (Å²) in [5.74, 6) is 0. The lowest BCUT2D eigenvalue weighted by atomic mass is 9.97. The third-order valence-electron chi connectivity index (χ3n) is 3.41. The standard InChI is InChI=1S/C14H21NO/c1-3-15(4-2)11-14-13-8-6-5-7-12(13)9-10-16-14/h5-8,14H,3-4,9-11H2,1-2H3/t14-/m1/s1. The van der Waals surface area contributed by atoms with Crippen LogP contribution < -0.4 is 0 Å². The van der Waals surface area contributed by atoms with E-state index < -0.39 is 0 Å². The van der Waals surface area contributed by atoms with Crippen LogP contribution in [0.5, 0.6) is 0 Å². The Morgan fingerprint density at radius 1 is 1.25 bits per heavy atom. The summed E-state index contributed by atoms with van der Waals surface area (Å²) < 4.78 is 5.90. The van der Waals surface area contributed by atoms with Crippen LogP contribution in [0.15, 0.2) is 24.3 Å². The normalized spacial score (nSPS) is 19.8. The van der Waals surface area contributed by atoms with E-state index >= 15 is 0 Å². The summed E-state index contributed by atoms with van der Waals surface area (Å²) in [6.07, 6.45) is 1.33. The fourth-order valence-corrected chi connectivity index (χ4v) is 2.34. The van der Waals surface area contributed by atoms with Gasteiger partial charge in [-0.1, -0.05) is 38.1 Å². The first kappa shape index (κ1) is 11.6. The van der Waals surface area contributed by atoms with Crippen LogP contribution in [0, 0.1) is 0 Å². The van der Waals surface area contributed by atoms with Crippen LogP contribution >= 0.6 is 0 Å². The molecular weight excluding hydrogens is 198 g/mol. The molecule has 1 aromatic carbocycles. The molecule has 0 aliphatic carbocycles. The molecule has 0 N–H and O–H groups in total. The Kier molecular flexibility index (Phi) is 3.97. The highest BCUT2D eigenvalue weighted by Gasteiger charge is 2.21. The Bertz CT molecular complexity index is 333. The van der Waals surface area contributed by atoms with E-state index in [0.717, 1.165) is 32.7 Å². The molecule has 0 fully saturated rings. The lowest BCUT2D eigenvalue weighted by Gasteiger charge is -2.30.